The molecule has 10 heavy (non-hydrogen) atoms. The molecule has 0 saturated carbocycles. The summed E-state index contributed by atoms with van der Waals surface area (Å²) in [6, 6.07) is 0. The summed E-state index contributed by atoms with van der Waals surface area (Å²) in [7, 11) is 0. The number of aliphatic hydroxyl groups is 1. The zero-order valence-electron chi connectivity index (χ0n) is 5.40. The van der Waals surface area contributed by atoms with E-state index in [0.29, 0.717) is 6.42 Å². The van der Waals surface area contributed by atoms with E-state index in [1.165, 1.54) is 0 Å². The highest BCUT2D eigenvalue weighted by atomic mass is 19.1. The third kappa shape index (κ3) is 1.24. The van der Waals surface area contributed by atoms with Gasteiger partial charge in [-0.25, -0.2) is 4.39 Å². The predicted octanol–water partition coefficient (Wildman–Crippen LogP) is 0.460. The van der Waals surface area contributed by atoms with Gasteiger partial charge in [0.25, 0.3) is 0 Å². The summed E-state index contributed by atoms with van der Waals surface area (Å²) in [5, 5.41) is 9.03. The zero-order valence-corrected chi connectivity index (χ0v) is 5.40. The third-order valence-electron chi connectivity index (χ3n) is 1.68. The fourth-order valence-corrected chi connectivity index (χ4v) is 1.07. The van der Waals surface area contributed by atoms with Crippen LogP contribution in [0.2, 0.25) is 0 Å². The van der Waals surface area contributed by atoms with Crippen molar-refractivity contribution in [1.82, 2.24) is 0 Å². The van der Waals surface area contributed by atoms with Crippen LogP contribution in [0, 0.1) is 5.92 Å². The highest BCUT2D eigenvalue weighted by molar-refractivity contribution is 5.57. The third-order valence-corrected chi connectivity index (χ3v) is 1.68. The second-order valence-corrected chi connectivity index (χ2v) is 2.39. The van der Waals surface area contributed by atoms with Gasteiger partial charge in [0, 0.05) is 5.92 Å². The van der Waals surface area contributed by atoms with Crippen molar-refractivity contribution in [2.45, 2.75) is 18.7 Å². The molecule has 0 aliphatic heterocycles. The number of aliphatic hydroxyl groups excluding tert-OH is 1. The number of hydrogen-bond donors (Lipinski definition) is 1. The van der Waals surface area contributed by atoms with Gasteiger partial charge >= 0.3 is 0 Å². The number of carbonyl (C=O) groups excluding carboxylic acids is 1. The first-order valence-corrected chi connectivity index (χ1v) is 3.20. The number of alkyl halides is 1. The molecule has 1 aliphatic rings. The molecule has 0 heterocycles. The predicted molar refractivity (Wildman–Crippen MR) is 34.2 cm³/mol. The summed E-state index contributed by atoms with van der Waals surface area (Å²) in [5.74, 6) is -0.613. The van der Waals surface area contributed by atoms with Crippen LogP contribution < -0.4 is 0 Å². The van der Waals surface area contributed by atoms with Crippen LogP contribution in [0.4, 0.5) is 4.39 Å². The summed E-state index contributed by atoms with van der Waals surface area (Å²) in [4.78, 5) is 9.92. The van der Waals surface area contributed by atoms with Crippen LogP contribution in [0.1, 0.15) is 6.42 Å². The maximum absolute atomic E-state index is 12.5. The Hall–Kier alpha value is -0.700. The Morgan fingerprint density at radius 2 is 2.50 bits per heavy atom. The normalized spacial score (nSPS) is 34.2. The van der Waals surface area contributed by atoms with Gasteiger partial charge < -0.3 is 9.90 Å². The van der Waals surface area contributed by atoms with Crippen LogP contribution >= 0.6 is 0 Å². The smallest absolute Gasteiger partial charge is 0.164 e. The minimum absolute atomic E-state index is 0.226. The summed E-state index contributed by atoms with van der Waals surface area (Å²) >= 11 is 0. The lowest BCUT2D eigenvalue weighted by atomic mass is 10.0. The highest BCUT2D eigenvalue weighted by Crippen LogP contribution is 2.22. The maximum atomic E-state index is 12.5. The molecule has 1 rings (SSSR count). The molecule has 1 N–H and O–H groups in total. The van der Waals surface area contributed by atoms with Gasteiger partial charge in [0.05, 0.1) is 6.10 Å². The fraction of sp³-hybridized carbons (Fsp3) is 0.571. The molecule has 3 heteroatoms. The monoisotopic (exact) mass is 144 g/mol. The number of aldehydes is 1. The molecule has 0 radical (unpaired) electrons. The molecule has 3 atom stereocenters. The van der Waals surface area contributed by atoms with Gasteiger partial charge in [-0.05, 0) is 6.42 Å². The molecule has 2 nitrogen and oxygen atoms in total. The van der Waals surface area contributed by atoms with Crippen molar-refractivity contribution < 1.29 is 14.3 Å². The average Bonchev–Trinajstić information content (AvgIpc) is 2.34. The van der Waals surface area contributed by atoms with E-state index in [-0.39, 0.29) is 6.29 Å². The quantitative estimate of drug-likeness (QED) is 0.451. The van der Waals surface area contributed by atoms with Crippen molar-refractivity contribution >= 4 is 6.29 Å². The van der Waals surface area contributed by atoms with Crippen molar-refractivity contribution in [3.63, 3.8) is 0 Å². The largest absolute Gasteiger partial charge is 0.392 e. The minimum Gasteiger partial charge on any atom is -0.392 e. The van der Waals surface area contributed by atoms with Crippen LogP contribution in [0.25, 0.3) is 0 Å². The molecule has 1 unspecified atom stereocenters. The van der Waals surface area contributed by atoms with Gasteiger partial charge in [0.1, 0.15) is 0 Å². The number of halogens is 1. The number of carbonyl (C=O) groups is 1. The molecule has 0 saturated heterocycles. The van der Waals surface area contributed by atoms with Crippen LogP contribution in [-0.4, -0.2) is 23.7 Å². The van der Waals surface area contributed by atoms with E-state index in [4.69, 9.17) is 5.11 Å². The van der Waals surface area contributed by atoms with Gasteiger partial charge in [0.2, 0.25) is 0 Å². The molecule has 1 aliphatic carbocycles. The molecule has 0 aromatic rings. The molecule has 0 amide bonds. The SMILES string of the molecule is O=CC(F)[C@H]1C=CC[C@@H]1O. The second-order valence-electron chi connectivity index (χ2n) is 2.39. The average molecular weight is 144 g/mol. The van der Waals surface area contributed by atoms with Crippen molar-refractivity contribution in [3.05, 3.63) is 12.2 Å². The van der Waals surface area contributed by atoms with E-state index in [1.54, 1.807) is 12.2 Å². The van der Waals surface area contributed by atoms with Crippen molar-refractivity contribution in [3.8, 4) is 0 Å². The van der Waals surface area contributed by atoms with E-state index >= 15 is 0 Å². The van der Waals surface area contributed by atoms with E-state index in [0.717, 1.165) is 0 Å². The van der Waals surface area contributed by atoms with Gasteiger partial charge in [0.15, 0.2) is 12.5 Å². The first-order valence-electron chi connectivity index (χ1n) is 3.20. The Kier molecular flexibility index (Phi) is 2.17. The van der Waals surface area contributed by atoms with Crippen LogP contribution in [0.15, 0.2) is 12.2 Å². The molecular formula is C7H9FO2. The highest BCUT2D eigenvalue weighted by Gasteiger charge is 2.28. The molecular weight excluding hydrogens is 135 g/mol. The van der Waals surface area contributed by atoms with Gasteiger partial charge in [-0.2, -0.15) is 0 Å². The van der Waals surface area contributed by atoms with Crippen LogP contribution in [0.3, 0.4) is 0 Å². The van der Waals surface area contributed by atoms with Crippen LogP contribution in [-0.2, 0) is 4.79 Å². The van der Waals surface area contributed by atoms with Crippen molar-refractivity contribution in [1.29, 1.82) is 0 Å². The first-order chi connectivity index (χ1) is 4.75. The Labute approximate surface area is 58.4 Å². The van der Waals surface area contributed by atoms with Gasteiger partial charge in [-0.15, -0.1) is 0 Å². The lowest BCUT2D eigenvalue weighted by molar-refractivity contribution is -0.114. The van der Waals surface area contributed by atoms with E-state index in [2.05, 4.69) is 0 Å². The number of hydrogen-bond acceptors (Lipinski definition) is 2. The maximum Gasteiger partial charge on any atom is 0.164 e. The van der Waals surface area contributed by atoms with E-state index < -0.39 is 18.2 Å². The lowest BCUT2D eigenvalue weighted by Crippen LogP contribution is -2.24. The lowest BCUT2D eigenvalue weighted by Gasteiger charge is -2.12. The summed E-state index contributed by atoms with van der Waals surface area (Å²) in [5.41, 5.74) is 0. The first kappa shape index (κ1) is 7.41. The number of rotatable bonds is 2. The minimum atomic E-state index is -1.55. The second kappa shape index (κ2) is 2.92. The Morgan fingerprint density at radius 3 is 2.90 bits per heavy atom. The van der Waals surface area contributed by atoms with Crippen molar-refractivity contribution in [2.24, 2.45) is 5.92 Å². The Bertz CT molecular complexity index is 156. The molecule has 0 aromatic carbocycles. The zero-order chi connectivity index (χ0) is 7.56. The molecule has 0 spiro atoms. The van der Waals surface area contributed by atoms with E-state index in [9.17, 15) is 9.18 Å². The topological polar surface area (TPSA) is 37.3 Å². The Balaban J connectivity index is 2.54. The Morgan fingerprint density at radius 1 is 1.80 bits per heavy atom. The molecule has 0 bridgehead atoms. The summed E-state index contributed by atoms with van der Waals surface area (Å²) in [6.07, 6.45) is 1.66. The summed E-state index contributed by atoms with van der Waals surface area (Å²) in [6.45, 7) is 0. The van der Waals surface area contributed by atoms with Gasteiger partial charge in [-0.1, -0.05) is 12.2 Å². The fourth-order valence-electron chi connectivity index (χ4n) is 1.07. The summed E-state index contributed by atoms with van der Waals surface area (Å²) < 4.78 is 12.5. The molecule has 0 fully saturated rings. The van der Waals surface area contributed by atoms with E-state index in [1.807, 2.05) is 0 Å². The molecule has 0 aromatic heterocycles. The van der Waals surface area contributed by atoms with Gasteiger partial charge in [-0.3, -0.25) is 0 Å². The standard InChI is InChI=1S/C7H9FO2/c8-6(4-9)5-2-1-3-7(5)10/h1-2,4-7,10H,3H2/t5-,6?,7+/m1/s1. The molecule has 56 valence electrons. The van der Waals surface area contributed by atoms with Crippen molar-refractivity contribution in [2.75, 3.05) is 0 Å². The van der Waals surface area contributed by atoms with Crippen LogP contribution in [0.5, 0.6) is 0 Å².